The van der Waals surface area contributed by atoms with Gasteiger partial charge in [-0.05, 0) is 112 Å². The standard InChI is InChI=1S/C60H40N2O/c1-4-15-41(16-5-1)42-27-32-47(33-28-42)61(48-34-29-44(30-35-48)51-23-14-24-54-53-22-11-13-26-59(53)63-60(51)54)49-36-37-50(55(40-49)43-17-6-2-7-18-43)45-31-38-58-56(39-45)52-21-10-12-25-57(52)62(58)46-19-8-3-9-20-46/h1-40H. The Hall–Kier alpha value is -8.40. The van der Waals surface area contributed by atoms with Crippen LogP contribution >= 0.6 is 0 Å². The Morgan fingerprint density at radius 1 is 0.302 bits per heavy atom. The Balaban J connectivity index is 1.01. The van der Waals surface area contributed by atoms with E-state index in [0.29, 0.717) is 0 Å². The van der Waals surface area contributed by atoms with E-state index in [-0.39, 0.29) is 0 Å². The molecule has 63 heavy (non-hydrogen) atoms. The van der Waals surface area contributed by atoms with Crippen LogP contribution < -0.4 is 4.90 Å². The number of fused-ring (bicyclic) bond motifs is 6. The van der Waals surface area contributed by atoms with Crippen molar-refractivity contribution in [3.05, 3.63) is 243 Å². The molecule has 0 aliphatic heterocycles. The molecule has 0 radical (unpaired) electrons. The summed E-state index contributed by atoms with van der Waals surface area (Å²) in [5.74, 6) is 0. The second-order valence-corrected chi connectivity index (χ2v) is 16.1. The van der Waals surface area contributed by atoms with E-state index in [1.54, 1.807) is 0 Å². The Morgan fingerprint density at radius 3 is 1.59 bits per heavy atom. The Labute approximate surface area is 366 Å². The summed E-state index contributed by atoms with van der Waals surface area (Å²) in [7, 11) is 0. The third-order valence-corrected chi connectivity index (χ3v) is 12.4. The first kappa shape index (κ1) is 36.5. The summed E-state index contributed by atoms with van der Waals surface area (Å²) in [5.41, 5.74) is 17.8. The monoisotopic (exact) mass is 804 g/mol. The molecule has 0 N–H and O–H groups in total. The molecule has 2 heterocycles. The number of nitrogens with zero attached hydrogens (tertiary/aromatic N) is 2. The van der Waals surface area contributed by atoms with Crippen molar-refractivity contribution in [2.75, 3.05) is 4.90 Å². The van der Waals surface area contributed by atoms with Crippen molar-refractivity contribution in [3.63, 3.8) is 0 Å². The van der Waals surface area contributed by atoms with Gasteiger partial charge in [0.25, 0.3) is 0 Å². The van der Waals surface area contributed by atoms with Crippen LogP contribution in [-0.2, 0) is 0 Å². The first-order chi connectivity index (χ1) is 31.2. The van der Waals surface area contributed by atoms with Crippen LogP contribution in [0.15, 0.2) is 247 Å². The van der Waals surface area contributed by atoms with Gasteiger partial charge in [0.2, 0.25) is 0 Å². The number of furan rings is 1. The van der Waals surface area contributed by atoms with Gasteiger partial charge in [0, 0.05) is 49.9 Å². The lowest BCUT2D eigenvalue weighted by Gasteiger charge is -2.27. The first-order valence-corrected chi connectivity index (χ1v) is 21.5. The van der Waals surface area contributed by atoms with Crippen molar-refractivity contribution in [2.24, 2.45) is 0 Å². The van der Waals surface area contributed by atoms with Crippen molar-refractivity contribution >= 4 is 60.8 Å². The molecule has 12 aromatic rings. The normalized spacial score (nSPS) is 11.5. The van der Waals surface area contributed by atoms with Gasteiger partial charge in [0.1, 0.15) is 11.2 Å². The highest BCUT2D eigenvalue weighted by molar-refractivity contribution is 6.11. The van der Waals surface area contributed by atoms with Gasteiger partial charge < -0.3 is 13.9 Å². The molecule has 3 nitrogen and oxygen atoms in total. The van der Waals surface area contributed by atoms with E-state index in [9.17, 15) is 0 Å². The highest BCUT2D eigenvalue weighted by Gasteiger charge is 2.20. The number of anilines is 3. The van der Waals surface area contributed by atoms with Crippen LogP contribution in [0.5, 0.6) is 0 Å². The molecule has 12 rings (SSSR count). The van der Waals surface area contributed by atoms with E-state index < -0.39 is 0 Å². The van der Waals surface area contributed by atoms with Crippen LogP contribution in [0, 0.1) is 0 Å². The lowest BCUT2D eigenvalue weighted by molar-refractivity contribution is 0.670. The maximum Gasteiger partial charge on any atom is 0.143 e. The van der Waals surface area contributed by atoms with E-state index in [1.165, 1.54) is 49.6 Å². The van der Waals surface area contributed by atoms with Crippen molar-refractivity contribution in [3.8, 4) is 50.2 Å². The van der Waals surface area contributed by atoms with Gasteiger partial charge in [0.15, 0.2) is 0 Å². The van der Waals surface area contributed by atoms with E-state index in [4.69, 9.17) is 4.42 Å². The molecule has 0 atom stereocenters. The number of hydrogen-bond donors (Lipinski definition) is 0. The second-order valence-electron chi connectivity index (χ2n) is 16.1. The van der Waals surface area contributed by atoms with Gasteiger partial charge in [-0.1, -0.05) is 170 Å². The number of aromatic nitrogens is 1. The molecule has 296 valence electrons. The average molecular weight is 805 g/mol. The first-order valence-electron chi connectivity index (χ1n) is 21.5. The smallest absolute Gasteiger partial charge is 0.143 e. The quantitative estimate of drug-likeness (QED) is 0.153. The summed E-state index contributed by atoms with van der Waals surface area (Å²) in [5, 5.41) is 4.73. The summed E-state index contributed by atoms with van der Waals surface area (Å²) in [6, 6.07) is 87.1. The largest absolute Gasteiger partial charge is 0.455 e. The molecule has 0 bridgehead atoms. The van der Waals surface area contributed by atoms with Crippen LogP contribution in [0.3, 0.4) is 0 Å². The Kier molecular flexibility index (Phi) is 8.83. The van der Waals surface area contributed by atoms with E-state index in [0.717, 1.165) is 61.4 Å². The fourth-order valence-electron chi connectivity index (χ4n) is 9.42. The molecule has 0 unspecified atom stereocenters. The molecule has 3 heteroatoms. The molecule has 2 aromatic heterocycles. The summed E-state index contributed by atoms with van der Waals surface area (Å²) in [4.78, 5) is 2.37. The lowest BCUT2D eigenvalue weighted by Crippen LogP contribution is -2.10. The summed E-state index contributed by atoms with van der Waals surface area (Å²) < 4.78 is 8.83. The van der Waals surface area contributed by atoms with Gasteiger partial charge in [-0.2, -0.15) is 0 Å². The summed E-state index contributed by atoms with van der Waals surface area (Å²) in [6.07, 6.45) is 0. The zero-order valence-electron chi connectivity index (χ0n) is 34.4. The van der Waals surface area contributed by atoms with Crippen LogP contribution in [0.2, 0.25) is 0 Å². The van der Waals surface area contributed by atoms with Crippen LogP contribution in [-0.4, -0.2) is 4.57 Å². The molecule has 0 saturated carbocycles. The minimum Gasteiger partial charge on any atom is -0.455 e. The highest BCUT2D eigenvalue weighted by atomic mass is 16.3. The molecule has 10 aromatic carbocycles. The molecular weight excluding hydrogens is 765 g/mol. The molecule has 0 aliphatic rings. The predicted octanol–water partition coefficient (Wildman–Crippen LogP) is 16.8. The summed E-state index contributed by atoms with van der Waals surface area (Å²) in [6.45, 7) is 0. The molecule has 0 saturated heterocycles. The maximum absolute atomic E-state index is 6.46. The molecule has 0 spiro atoms. The number of rotatable bonds is 8. The minimum atomic E-state index is 0.901. The van der Waals surface area contributed by atoms with E-state index >= 15 is 0 Å². The Morgan fingerprint density at radius 2 is 0.841 bits per heavy atom. The SMILES string of the molecule is c1ccc(-c2ccc(N(c3ccc(-c4cccc5c4oc4ccccc45)cc3)c3ccc(-c4ccc5c(c4)c4ccccc4n5-c4ccccc4)c(-c4ccccc4)c3)cc2)cc1. The zero-order chi connectivity index (χ0) is 41.7. The van der Waals surface area contributed by atoms with Crippen LogP contribution in [0.1, 0.15) is 0 Å². The van der Waals surface area contributed by atoms with E-state index in [2.05, 4.69) is 240 Å². The van der Waals surface area contributed by atoms with Gasteiger partial charge in [-0.3, -0.25) is 0 Å². The summed E-state index contributed by atoms with van der Waals surface area (Å²) >= 11 is 0. The third kappa shape index (κ3) is 6.38. The highest BCUT2D eigenvalue weighted by Crippen LogP contribution is 2.44. The van der Waals surface area contributed by atoms with Gasteiger partial charge in [0.05, 0.1) is 11.0 Å². The molecular formula is C60H40N2O. The fraction of sp³-hybridized carbons (Fsp3) is 0. The van der Waals surface area contributed by atoms with Gasteiger partial charge in [-0.15, -0.1) is 0 Å². The topological polar surface area (TPSA) is 21.3 Å². The predicted molar refractivity (Wildman–Crippen MR) is 264 cm³/mol. The minimum absolute atomic E-state index is 0.901. The number of hydrogen-bond acceptors (Lipinski definition) is 2. The molecule has 0 amide bonds. The maximum atomic E-state index is 6.46. The lowest BCUT2D eigenvalue weighted by atomic mass is 9.92. The van der Waals surface area contributed by atoms with Crippen molar-refractivity contribution in [2.45, 2.75) is 0 Å². The van der Waals surface area contributed by atoms with Crippen LogP contribution in [0.25, 0.3) is 93.9 Å². The van der Waals surface area contributed by atoms with Crippen LogP contribution in [0.4, 0.5) is 17.1 Å². The third-order valence-electron chi connectivity index (χ3n) is 12.4. The van der Waals surface area contributed by atoms with Crippen molar-refractivity contribution in [1.29, 1.82) is 0 Å². The zero-order valence-corrected chi connectivity index (χ0v) is 34.4. The van der Waals surface area contributed by atoms with Gasteiger partial charge >= 0.3 is 0 Å². The Bertz CT molecular complexity index is 3590. The number of benzene rings is 10. The second kappa shape index (κ2) is 15.3. The molecule has 0 fully saturated rings. The van der Waals surface area contributed by atoms with Crippen molar-refractivity contribution < 1.29 is 4.42 Å². The number of para-hydroxylation sites is 4. The van der Waals surface area contributed by atoms with Crippen molar-refractivity contribution in [1.82, 2.24) is 4.57 Å². The van der Waals surface area contributed by atoms with Gasteiger partial charge in [-0.25, -0.2) is 0 Å². The fourth-order valence-corrected chi connectivity index (χ4v) is 9.42. The molecule has 0 aliphatic carbocycles. The van der Waals surface area contributed by atoms with E-state index in [1.807, 2.05) is 12.1 Å². The average Bonchev–Trinajstić information content (AvgIpc) is 3.91.